The molecule has 0 saturated carbocycles. The highest BCUT2D eigenvalue weighted by atomic mass is 19.4. The molecule has 1 N–H and O–H groups in total. The number of benzene rings is 2. The number of hydrogen-bond donors (Lipinski definition) is 1. The largest absolute Gasteiger partial charge is 0.409 e. The van der Waals surface area contributed by atoms with Crippen LogP contribution >= 0.6 is 0 Å². The summed E-state index contributed by atoms with van der Waals surface area (Å²) in [6, 6.07) is 8.64. The van der Waals surface area contributed by atoms with Crippen molar-refractivity contribution in [1.82, 2.24) is 10.4 Å². The lowest BCUT2D eigenvalue weighted by Crippen LogP contribution is -2.43. The average Bonchev–Trinajstić information content (AvgIpc) is 2.80. The first kappa shape index (κ1) is 18.7. The van der Waals surface area contributed by atoms with Crippen molar-refractivity contribution in [3.63, 3.8) is 0 Å². The smallest absolute Gasteiger partial charge is 0.287 e. The molecule has 1 atom stereocenters. The Balaban J connectivity index is 2.14. The normalized spacial score (nSPS) is 18.9. The van der Waals surface area contributed by atoms with Crippen LogP contribution in [0.4, 0.5) is 13.2 Å². The number of alkyl halides is 3. The van der Waals surface area contributed by atoms with E-state index in [1.54, 1.807) is 32.0 Å². The number of aryl methyl sites for hydroxylation is 1. The predicted molar refractivity (Wildman–Crippen MR) is 95.4 cm³/mol. The number of amides is 1. The second-order valence-electron chi connectivity index (χ2n) is 7.51. The molecule has 0 spiro atoms. The molecule has 0 bridgehead atoms. The molecule has 1 heterocycles. The Morgan fingerprint density at radius 3 is 2.38 bits per heavy atom. The van der Waals surface area contributed by atoms with Crippen molar-refractivity contribution in [2.45, 2.75) is 45.8 Å². The summed E-state index contributed by atoms with van der Waals surface area (Å²) < 4.78 is 42.1. The highest BCUT2D eigenvalue weighted by Crippen LogP contribution is 2.43. The maximum Gasteiger partial charge on any atom is 0.409 e. The molecule has 1 aliphatic heterocycles. The summed E-state index contributed by atoms with van der Waals surface area (Å²) in [6.07, 6.45) is -2.78. The van der Waals surface area contributed by atoms with Crippen LogP contribution in [-0.2, 0) is 11.2 Å². The van der Waals surface area contributed by atoms with E-state index in [9.17, 15) is 18.0 Å². The van der Waals surface area contributed by atoms with Gasteiger partial charge in [0.2, 0.25) is 5.91 Å². The van der Waals surface area contributed by atoms with Crippen LogP contribution in [0, 0.1) is 5.41 Å². The lowest BCUT2D eigenvalue weighted by atomic mass is 9.92. The minimum Gasteiger partial charge on any atom is -0.287 e. The number of hydrazine groups is 1. The Morgan fingerprint density at radius 1 is 1.15 bits per heavy atom. The SMILES string of the molecule is CCCc1cccc2c(C(N3CC(C)(C)C(=O)N3)C(F)(F)F)cccc12. The lowest BCUT2D eigenvalue weighted by Gasteiger charge is -2.30. The fraction of sp³-hybridized carbons (Fsp3) is 0.450. The van der Waals surface area contributed by atoms with Gasteiger partial charge >= 0.3 is 6.18 Å². The summed E-state index contributed by atoms with van der Waals surface area (Å²) >= 11 is 0. The highest BCUT2D eigenvalue weighted by Gasteiger charge is 2.51. The van der Waals surface area contributed by atoms with Gasteiger partial charge in [-0.25, -0.2) is 5.01 Å². The molecular weight excluding hydrogens is 341 g/mol. The van der Waals surface area contributed by atoms with Crippen molar-refractivity contribution in [2.24, 2.45) is 5.41 Å². The molecule has 26 heavy (non-hydrogen) atoms. The highest BCUT2D eigenvalue weighted by molar-refractivity contribution is 5.89. The average molecular weight is 364 g/mol. The Hall–Kier alpha value is -2.08. The zero-order valence-electron chi connectivity index (χ0n) is 15.2. The van der Waals surface area contributed by atoms with Crippen LogP contribution in [0.15, 0.2) is 36.4 Å². The van der Waals surface area contributed by atoms with Crippen LogP contribution < -0.4 is 5.43 Å². The summed E-state index contributed by atoms with van der Waals surface area (Å²) in [5.41, 5.74) is 2.78. The number of carbonyl (C=O) groups excluding carboxylic acids is 1. The number of rotatable bonds is 4. The van der Waals surface area contributed by atoms with Gasteiger partial charge in [0.1, 0.15) is 0 Å². The number of fused-ring (bicyclic) bond motifs is 1. The molecule has 3 rings (SSSR count). The molecule has 0 aliphatic carbocycles. The van der Waals surface area contributed by atoms with Crippen molar-refractivity contribution in [1.29, 1.82) is 0 Å². The number of nitrogens with zero attached hydrogens (tertiary/aromatic N) is 1. The first-order valence-electron chi connectivity index (χ1n) is 8.80. The van der Waals surface area contributed by atoms with E-state index in [1.807, 2.05) is 19.1 Å². The van der Waals surface area contributed by atoms with Crippen molar-refractivity contribution < 1.29 is 18.0 Å². The van der Waals surface area contributed by atoms with Gasteiger partial charge in [-0.1, -0.05) is 49.7 Å². The van der Waals surface area contributed by atoms with Gasteiger partial charge in [-0.2, -0.15) is 13.2 Å². The zero-order chi connectivity index (χ0) is 19.1. The Kier molecular flexibility index (Phi) is 4.73. The molecule has 0 aromatic heterocycles. The van der Waals surface area contributed by atoms with Crippen molar-refractivity contribution in [3.05, 3.63) is 47.5 Å². The van der Waals surface area contributed by atoms with Crippen molar-refractivity contribution in [3.8, 4) is 0 Å². The van der Waals surface area contributed by atoms with E-state index in [1.165, 1.54) is 6.07 Å². The molecule has 1 saturated heterocycles. The van der Waals surface area contributed by atoms with E-state index in [4.69, 9.17) is 0 Å². The second-order valence-corrected chi connectivity index (χ2v) is 7.51. The van der Waals surface area contributed by atoms with Gasteiger partial charge in [-0.3, -0.25) is 10.2 Å². The number of carbonyl (C=O) groups is 1. The van der Waals surface area contributed by atoms with Crippen LogP contribution in [0.2, 0.25) is 0 Å². The maximum absolute atomic E-state index is 14.0. The fourth-order valence-corrected chi connectivity index (χ4v) is 3.62. The van der Waals surface area contributed by atoms with Gasteiger partial charge in [0, 0.05) is 6.54 Å². The molecule has 140 valence electrons. The summed E-state index contributed by atoms with van der Waals surface area (Å²) in [4.78, 5) is 12.1. The number of hydrogen-bond acceptors (Lipinski definition) is 2. The number of nitrogens with one attached hydrogen (secondary N) is 1. The van der Waals surface area contributed by atoms with Gasteiger partial charge in [0.25, 0.3) is 0 Å². The third-order valence-corrected chi connectivity index (χ3v) is 4.91. The summed E-state index contributed by atoms with van der Waals surface area (Å²) in [6.45, 7) is 5.35. The minimum atomic E-state index is -4.51. The molecular formula is C20H23F3N2O. The van der Waals surface area contributed by atoms with E-state index in [2.05, 4.69) is 5.43 Å². The van der Waals surface area contributed by atoms with E-state index in [-0.39, 0.29) is 12.1 Å². The van der Waals surface area contributed by atoms with Crippen molar-refractivity contribution >= 4 is 16.7 Å². The third kappa shape index (κ3) is 3.30. The standard InChI is InChI=1S/C20H23F3N2O/c1-4-7-13-8-5-10-15-14(13)9-6-11-16(15)17(20(21,22)23)25-12-19(2,3)18(26)24-25/h5-6,8-11,17H,4,7,12H2,1-3H3,(H,24,26). The second kappa shape index (κ2) is 6.58. The first-order chi connectivity index (χ1) is 12.1. The van der Waals surface area contributed by atoms with Gasteiger partial charge in [-0.05, 0) is 42.2 Å². The van der Waals surface area contributed by atoms with E-state index in [0.29, 0.717) is 5.39 Å². The molecule has 0 radical (unpaired) electrons. The Morgan fingerprint density at radius 2 is 1.81 bits per heavy atom. The third-order valence-electron chi connectivity index (χ3n) is 4.91. The number of halogens is 3. The van der Waals surface area contributed by atoms with E-state index >= 15 is 0 Å². The molecule has 2 aromatic carbocycles. The molecule has 1 unspecified atom stereocenters. The van der Waals surface area contributed by atoms with Crippen molar-refractivity contribution in [2.75, 3.05) is 6.54 Å². The maximum atomic E-state index is 14.0. The van der Waals surface area contributed by atoms with E-state index in [0.717, 1.165) is 28.8 Å². The first-order valence-corrected chi connectivity index (χ1v) is 8.80. The minimum absolute atomic E-state index is 0.00104. The summed E-state index contributed by atoms with van der Waals surface area (Å²) in [5, 5.41) is 2.45. The topological polar surface area (TPSA) is 32.3 Å². The van der Waals surface area contributed by atoms with E-state index < -0.39 is 23.5 Å². The molecule has 3 nitrogen and oxygen atoms in total. The quantitative estimate of drug-likeness (QED) is 0.848. The van der Waals surface area contributed by atoms with Crippen LogP contribution in [0.3, 0.4) is 0 Å². The van der Waals surface area contributed by atoms with Gasteiger partial charge in [0.15, 0.2) is 6.04 Å². The monoisotopic (exact) mass is 364 g/mol. The zero-order valence-corrected chi connectivity index (χ0v) is 15.2. The van der Waals surface area contributed by atoms with Crippen LogP contribution in [0.1, 0.15) is 44.4 Å². The van der Waals surface area contributed by atoms with Gasteiger partial charge < -0.3 is 0 Å². The van der Waals surface area contributed by atoms with Gasteiger partial charge in [-0.15, -0.1) is 0 Å². The van der Waals surface area contributed by atoms with Crippen LogP contribution in [0.25, 0.3) is 10.8 Å². The Labute approximate surface area is 151 Å². The van der Waals surface area contributed by atoms with Crippen LogP contribution in [0.5, 0.6) is 0 Å². The molecule has 1 fully saturated rings. The molecule has 6 heteroatoms. The molecule has 2 aromatic rings. The fourth-order valence-electron chi connectivity index (χ4n) is 3.62. The Bertz CT molecular complexity index is 829. The van der Waals surface area contributed by atoms with Gasteiger partial charge in [0.05, 0.1) is 5.41 Å². The molecule has 1 aliphatic rings. The van der Waals surface area contributed by atoms with Crippen LogP contribution in [-0.4, -0.2) is 23.6 Å². The summed E-state index contributed by atoms with van der Waals surface area (Å²) in [7, 11) is 0. The summed E-state index contributed by atoms with van der Waals surface area (Å²) in [5.74, 6) is -0.390. The predicted octanol–water partition coefficient (Wildman–Crippen LogP) is 4.77. The molecule has 1 amide bonds. The lowest BCUT2D eigenvalue weighted by molar-refractivity contribution is -0.191.